The van der Waals surface area contributed by atoms with Gasteiger partial charge in [-0.15, -0.1) is 17.3 Å². The summed E-state index contributed by atoms with van der Waals surface area (Å²) in [6.07, 6.45) is 4.71. The van der Waals surface area contributed by atoms with Gasteiger partial charge in [0.2, 0.25) is 0 Å². The molecule has 1 unspecified atom stereocenters. The average molecular weight is 868 g/mol. The van der Waals surface area contributed by atoms with Gasteiger partial charge in [-0.2, -0.15) is 0 Å². The number of benzene rings is 5. The van der Waals surface area contributed by atoms with Crippen molar-refractivity contribution in [3.63, 3.8) is 0 Å². The van der Waals surface area contributed by atoms with Crippen molar-refractivity contribution in [1.29, 1.82) is 0 Å². The Labute approximate surface area is 366 Å². The maximum absolute atomic E-state index is 6.76. The minimum atomic E-state index is -0.266. The number of alkyl halides is 1. The predicted molar refractivity (Wildman–Crippen MR) is 246 cm³/mol. The molecule has 298 valence electrons. The van der Waals surface area contributed by atoms with Crippen LogP contribution in [0.3, 0.4) is 0 Å². The lowest BCUT2D eigenvalue weighted by molar-refractivity contribution is 0.00549. The van der Waals surface area contributed by atoms with Crippen LogP contribution < -0.4 is 9.47 Å². The van der Waals surface area contributed by atoms with E-state index in [-0.39, 0.29) is 29.1 Å². The van der Waals surface area contributed by atoms with Crippen LogP contribution in [-0.4, -0.2) is 31.8 Å². The number of rotatable bonds is 8. The molecule has 0 fully saturated rings. The second kappa shape index (κ2) is 15.1. The third-order valence-corrected chi connectivity index (χ3v) is 15.1. The molecule has 4 bridgehead atoms. The third kappa shape index (κ3) is 5.80. The smallest absolute Gasteiger partial charge is 0.188 e. The Hall–Kier alpha value is -5.04. The van der Waals surface area contributed by atoms with Crippen LogP contribution in [-0.2, 0) is 4.74 Å². The van der Waals surface area contributed by atoms with E-state index in [0.717, 1.165) is 45.2 Å². The minimum absolute atomic E-state index is 0.0437. The normalized spacial score (nSPS) is 21.5. The van der Waals surface area contributed by atoms with E-state index in [9.17, 15) is 0 Å². The summed E-state index contributed by atoms with van der Waals surface area (Å²) in [6, 6.07) is 36.5. The van der Waals surface area contributed by atoms with E-state index in [1.54, 1.807) is 11.3 Å². The Morgan fingerprint density at radius 3 is 1.45 bits per heavy atom. The molecule has 13 rings (SSSR count). The lowest BCUT2D eigenvalue weighted by Crippen LogP contribution is -2.35. The molecule has 0 spiro atoms. The van der Waals surface area contributed by atoms with E-state index in [1.165, 1.54) is 91.6 Å². The predicted octanol–water partition coefficient (Wildman–Crippen LogP) is 12.6. The molecular weight excluding hydrogens is 821 g/mol. The first-order valence-electron chi connectivity index (χ1n) is 21.6. The van der Waals surface area contributed by atoms with Gasteiger partial charge in [0.05, 0.1) is 25.2 Å². The van der Waals surface area contributed by atoms with Crippen LogP contribution in [0.4, 0.5) is 0 Å². The van der Waals surface area contributed by atoms with Crippen LogP contribution in [0.15, 0.2) is 97.1 Å². The SMILES string of the molecule is CC#Cc1c2c(c(C#Cc3sc(C)c4c3OCC(C)(COCCCCCCBr)CO4)c3c1C1c4ccccc4C3c3ccccc31)C1c3ccccc3C2c2ccccc21. The molecule has 3 nitrogen and oxygen atoms in total. The van der Waals surface area contributed by atoms with Gasteiger partial charge >= 0.3 is 0 Å². The topological polar surface area (TPSA) is 27.7 Å². The van der Waals surface area contributed by atoms with E-state index >= 15 is 0 Å². The van der Waals surface area contributed by atoms with Gasteiger partial charge in [-0.3, -0.25) is 0 Å². The first-order chi connectivity index (χ1) is 29.5. The molecule has 5 heteroatoms. The van der Waals surface area contributed by atoms with Crippen molar-refractivity contribution in [1.82, 2.24) is 0 Å². The van der Waals surface area contributed by atoms with Gasteiger partial charge < -0.3 is 14.2 Å². The zero-order chi connectivity index (χ0) is 40.5. The molecule has 0 N–H and O–H groups in total. The summed E-state index contributed by atoms with van der Waals surface area (Å²) in [7, 11) is 0. The van der Waals surface area contributed by atoms with Gasteiger partial charge in [0, 0.05) is 51.6 Å². The summed E-state index contributed by atoms with van der Waals surface area (Å²) < 4.78 is 19.6. The molecule has 2 heterocycles. The van der Waals surface area contributed by atoms with E-state index < -0.39 is 0 Å². The molecule has 0 radical (unpaired) electrons. The fraction of sp³-hybridized carbons (Fsp3) is 0.309. The number of ether oxygens (including phenoxy) is 3. The molecule has 0 amide bonds. The summed E-state index contributed by atoms with van der Waals surface area (Å²) in [5.74, 6) is 16.8. The van der Waals surface area contributed by atoms with Crippen molar-refractivity contribution < 1.29 is 14.2 Å². The molecule has 0 saturated carbocycles. The van der Waals surface area contributed by atoms with Crippen molar-refractivity contribution in [2.45, 2.75) is 70.1 Å². The molecule has 1 aliphatic heterocycles. The van der Waals surface area contributed by atoms with Crippen LogP contribution in [0, 0.1) is 36.0 Å². The molecule has 5 aromatic carbocycles. The molecule has 1 atom stereocenters. The molecule has 0 saturated heterocycles. The monoisotopic (exact) mass is 866 g/mol. The largest absolute Gasteiger partial charge is 0.488 e. The van der Waals surface area contributed by atoms with E-state index in [0.29, 0.717) is 19.8 Å². The third-order valence-electron chi connectivity index (χ3n) is 13.6. The van der Waals surface area contributed by atoms with Gasteiger partial charge in [-0.25, -0.2) is 0 Å². The van der Waals surface area contributed by atoms with Gasteiger partial charge in [0.15, 0.2) is 11.5 Å². The molecule has 60 heavy (non-hydrogen) atoms. The number of thiophene rings is 1. The number of fused-ring (bicyclic) bond motifs is 1. The van der Waals surface area contributed by atoms with Gasteiger partial charge in [0.1, 0.15) is 4.88 Å². The fourth-order valence-corrected chi connectivity index (χ4v) is 12.4. The highest BCUT2D eigenvalue weighted by Crippen LogP contribution is 2.64. The highest BCUT2D eigenvalue weighted by atomic mass is 79.9. The number of halogens is 1. The van der Waals surface area contributed by atoms with Crippen molar-refractivity contribution in [2.24, 2.45) is 5.41 Å². The Bertz CT molecular complexity index is 2620. The Kier molecular flexibility index (Phi) is 9.57. The van der Waals surface area contributed by atoms with Gasteiger partial charge in [0.25, 0.3) is 0 Å². The Balaban J connectivity index is 1.09. The first kappa shape index (κ1) is 37.9. The summed E-state index contributed by atoms with van der Waals surface area (Å²) >= 11 is 5.22. The Morgan fingerprint density at radius 1 is 0.600 bits per heavy atom. The first-order valence-corrected chi connectivity index (χ1v) is 23.5. The maximum atomic E-state index is 6.76. The quantitative estimate of drug-likeness (QED) is 0.0865. The lowest BCUT2D eigenvalue weighted by Gasteiger charge is -2.48. The molecular formula is C55H47BrO3S. The second-order valence-corrected chi connectivity index (χ2v) is 19.5. The van der Waals surface area contributed by atoms with Gasteiger partial charge in [-0.1, -0.05) is 145 Å². The van der Waals surface area contributed by atoms with Crippen LogP contribution in [0.5, 0.6) is 11.5 Å². The van der Waals surface area contributed by atoms with E-state index in [4.69, 9.17) is 14.2 Å². The zero-order valence-corrected chi connectivity index (χ0v) is 36.8. The highest BCUT2D eigenvalue weighted by Gasteiger charge is 2.50. The minimum Gasteiger partial charge on any atom is -0.488 e. The summed E-state index contributed by atoms with van der Waals surface area (Å²) in [5.41, 5.74) is 18.5. The van der Waals surface area contributed by atoms with Crippen molar-refractivity contribution >= 4 is 27.3 Å². The number of unbranched alkanes of at least 4 members (excludes halogenated alkanes) is 3. The molecule has 7 aliphatic rings. The van der Waals surface area contributed by atoms with Crippen molar-refractivity contribution in [2.75, 3.05) is 31.8 Å². The van der Waals surface area contributed by atoms with Crippen molar-refractivity contribution in [3.05, 3.63) is 185 Å². The molecule has 6 aliphatic carbocycles. The number of hydrogen-bond donors (Lipinski definition) is 0. The van der Waals surface area contributed by atoms with Crippen LogP contribution in [0.2, 0.25) is 0 Å². The Morgan fingerprint density at radius 2 is 1.02 bits per heavy atom. The zero-order valence-electron chi connectivity index (χ0n) is 34.4. The lowest BCUT2D eigenvalue weighted by atomic mass is 9.53. The average Bonchev–Trinajstić information content (AvgIpc) is 3.47. The van der Waals surface area contributed by atoms with Gasteiger partial charge in [-0.05, 0) is 99.4 Å². The molecule has 6 aromatic rings. The summed E-state index contributed by atoms with van der Waals surface area (Å²) in [4.78, 5) is 2.01. The fourth-order valence-electron chi connectivity index (χ4n) is 11.1. The number of aryl methyl sites for hydroxylation is 1. The number of hydrogen-bond acceptors (Lipinski definition) is 4. The maximum Gasteiger partial charge on any atom is 0.188 e. The second-order valence-electron chi connectivity index (χ2n) is 17.5. The van der Waals surface area contributed by atoms with E-state index in [2.05, 4.69) is 151 Å². The summed E-state index contributed by atoms with van der Waals surface area (Å²) in [5, 5.41) is 1.06. The highest BCUT2D eigenvalue weighted by molar-refractivity contribution is 9.09. The standard InChI is InChI=1S/C55H47BrO3S/c1-4-17-42-49-45-34-18-7-11-22-38(34)47(39-23-12-8-19-35(39)45)51(49)43(52-48-40-24-13-9-20-36(40)46(50(42)52)37-21-10-14-25-41(37)48)26-27-44-54-53(33(2)60-44)58-31-55(3,32-59-54)30-57-29-16-6-5-15-28-56/h7-14,18-25,45-48H,5-6,15-16,28-32H2,1-3H3. The van der Waals surface area contributed by atoms with Crippen LogP contribution in [0.25, 0.3) is 0 Å². The molecule has 1 aromatic heterocycles. The van der Waals surface area contributed by atoms with E-state index in [1.807, 2.05) is 6.92 Å². The van der Waals surface area contributed by atoms with Crippen LogP contribution >= 0.6 is 27.3 Å². The van der Waals surface area contributed by atoms with Crippen LogP contribution in [0.1, 0.15) is 151 Å². The van der Waals surface area contributed by atoms with Crippen molar-refractivity contribution in [3.8, 4) is 35.2 Å². The summed E-state index contributed by atoms with van der Waals surface area (Å²) in [6.45, 7) is 8.75.